The van der Waals surface area contributed by atoms with E-state index in [-0.39, 0.29) is 12.4 Å². The molecule has 1 heterocycles. The summed E-state index contributed by atoms with van der Waals surface area (Å²) in [6.07, 6.45) is -0.0913. The Balaban J connectivity index is 2.58. The van der Waals surface area contributed by atoms with Crippen molar-refractivity contribution >= 4 is 23.1 Å². The van der Waals surface area contributed by atoms with Crippen LogP contribution in [0.5, 0.6) is 0 Å². The SMILES string of the molecule is Nc1nc2cccc(CC(=O)O)c2o1. The number of rotatable bonds is 2. The summed E-state index contributed by atoms with van der Waals surface area (Å²) in [5.74, 6) is -0.910. The summed E-state index contributed by atoms with van der Waals surface area (Å²) < 4.78 is 5.10. The van der Waals surface area contributed by atoms with Gasteiger partial charge in [-0.15, -0.1) is 0 Å². The molecule has 0 aliphatic carbocycles. The average molecular weight is 192 g/mol. The highest BCUT2D eigenvalue weighted by atomic mass is 16.4. The summed E-state index contributed by atoms with van der Waals surface area (Å²) >= 11 is 0. The van der Waals surface area contributed by atoms with E-state index < -0.39 is 5.97 Å². The van der Waals surface area contributed by atoms with Gasteiger partial charge in [-0.3, -0.25) is 4.79 Å². The molecule has 2 rings (SSSR count). The summed E-state index contributed by atoms with van der Waals surface area (Å²) in [4.78, 5) is 14.4. The Kier molecular flexibility index (Phi) is 1.85. The molecule has 0 spiro atoms. The highest BCUT2D eigenvalue weighted by molar-refractivity contribution is 5.82. The smallest absolute Gasteiger partial charge is 0.307 e. The molecule has 0 radical (unpaired) electrons. The second kappa shape index (κ2) is 3.02. The van der Waals surface area contributed by atoms with Gasteiger partial charge < -0.3 is 15.3 Å². The van der Waals surface area contributed by atoms with Crippen LogP contribution in [0.4, 0.5) is 6.01 Å². The molecule has 1 aromatic carbocycles. The second-order valence-electron chi connectivity index (χ2n) is 2.89. The molecule has 0 aliphatic rings. The van der Waals surface area contributed by atoms with E-state index in [2.05, 4.69) is 4.98 Å². The van der Waals surface area contributed by atoms with Gasteiger partial charge in [-0.25, -0.2) is 0 Å². The van der Waals surface area contributed by atoms with Gasteiger partial charge in [0.1, 0.15) is 5.52 Å². The van der Waals surface area contributed by atoms with Crippen molar-refractivity contribution < 1.29 is 14.3 Å². The number of carboxylic acids is 1. The fourth-order valence-corrected chi connectivity index (χ4v) is 1.33. The van der Waals surface area contributed by atoms with Gasteiger partial charge in [0.25, 0.3) is 6.01 Å². The maximum Gasteiger partial charge on any atom is 0.307 e. The van der Waals surface area contributed by atoms with Gasteiger partial charge in [0.2, 0.25) is 0 Å². The van der Waals surface area contributed by atoms with Crippen LogP contribution in [0.25, 0.3) is 11.1 Å². The summed E-state index contributed by atoms with van der Waals surface area (Å²) in [5, 5.41) is 8.64. The zero-order valence-electron chi connectivity index (χ0n) is 7.23. The molecule has 0 atom stereocenters. The van der Waals surface area contributed by atoms with Crippen molar-refractivity contribution in [2.24, 2.45) is 0 Å². The van der Waals surface area contributed by atoms with Crippen LogP contribution in [0.15, 0.2) is 22.6 Å². The first kappa shape index (κ1) is 8.55. The van der Waals surface area contributed by atoms with Crippen molar-refractivity contribution in [1.29, 1.82) is 0 Å². The van der Waals surface area contributed by atoms with Crippen LogP contribution in [0.3, 0.4) is 0 Å². The van der Waals surface area contributed by atoms with Gasteiger partial charge >= 0.3 is 5.97 Å². The highest BCUT2D eigenvalue weighted by Crippen LogP contribution is 2.21. The lowest BCUT2D eigenvalue weighted by Gasteiger charge is -1.95. The Bertz CT molecular complexity index is 490. The Hall–Kier alpha value is -2.04. The number of anilines is 1. The Morgan fingerprint density at radius 2 is 2.36 bits per heavy atom. The van der Waals surface area contributed by atoms with E-state index in [0.717, 1.165) is 0 Å². The fraction of sp³-hybridized carbons (Fsp3) is 0.111. The normalized spacial score (nSPS) is 10.6. The number of carbonyl (C=O) groups is 1. The van der Waals surface area contributed by atoms with E-state index in [4.69, 9.17) is 15.3 Å². The van der Waals surface area contributed by atoms with Gasteiger partial charge in [0, 0.05) is 5.56 Å². The lowest BCUT2D eigenvalue weighted by atomic mass is 10.1. The van der Waals surface area contributed by atoms with Gasteiger partial charge in [-0.05, 0) is 6.07 Å². The van der Waals surface area contributed by atoms with E-state index in [1.165, 1.54) is 0 Å². The van der Waals surface area contributed by atoms with Crippen LogP contribution >= 0.6 is 0 Å². The van der Waals surface area contributed by atoms with Gasteiger partial charge in [-0.2, -0.15) is 4.98 Å². The third-order valence-corrected chi connectivity index (χ3v) is 1.85. The third kappa shape index (κ3) is 1.39. The van der Waals surface area contributed by atoms with Gasteiger partial charge in [0.05, 0.1) is 6.42 Å². The van der Waals surface area contributed by atoms with Crippen molar-refractivity contribution in [2.45, 2.75) is 6.42 Å². The molecular formula is C9H8N2O3. The number of nitrogens with two attached hydrogens (primary N) is 1. The number of aliphatic carboxylic acids is 1. The van der Waals surface area contributed by atoms with Crippen molar-refractivity contribution in [3.63, 3.8) is 0 Å². The molecule has 5 nitrogen and oxygen atoms in total. The first-order valence-electron chi connectivity index (χ1n) is 4.02. The molecule has 0 fully saturated rings. The number of para-hydroxylation sites is 1. The molecule has 0 saturated heterocycles. The van der Waals surface area contributed by atoms with Crippen LogP contribution in [-0.4, -0.2) is 16.1 Å². The van der Waals surface area contributed by atoms with E-state index >= 15 is 0 Å². The highest BCUT2D eigenvalue weighted by Gasteiger charge is 2.10. The summed E-state index contributed by atoms with van der Waals surface area (Å²) in [5.41, 5.74) is 6.98. The molecule has 72 valence electrons. The number of nitrogens with zero attached hydrogens (tertiary/aromatic N) is 1. The fourth-order valence-electron chi connectivity index (χ4n) is 1.33. The number of nitrogen functional groups attached to an aromatic ring is 1. The lowest BCUT2D eigenvalue weighted by Crippen LogP contribution is -1.99. The monoisotopic (exact) mass is 192 g/mol. The second-order valence-corrected chi connectivity index (χ2v) is 2.89. The Morgan fingerprint density at radius 1 is 1.57 bits per heavy atom. The van der Waals surface area contributed by atoms with Gasteiger partial charge in [0.15, 0.2) is 5.58 Å². The molecule has 14 heavy (non-hydrogen) atoms. The minimum absolute atomic E-state index is 0.0536. The maximum absolute atomic E-state index is 10.5. The number of carboxylic acid groups (broad SMARTS) is 1. The van der Waals surface area contributed by atoms with Crippen molar-refractivity contribution in [3.05, 3.63) is 23.8 Å². The first-order valence-corrected chi connectivity index (χ1v) is 4.02. The molecule has 1 aromatic heterocycles. The topological polar surface area (TPSA) is 89.3 Å². The predicted octanol–water partition coefficient (Wildman–Crippen LogP) is 1.04. The van der Waals surface area contributed by atoms with Gasteiger partial charge in [-0.1, -0.05) is 12.1 Å². The van der Waals surface area contributed by atoms with Crippen LogP contribution in [0, 0.1) is 0 Å². The molecule has 0 unspecified atom stereocenters. The minimum Gasteiger partial charge on any atom is -0.481 e. The number of oxazole rings is 1. The average Bonchev–Trinajstić information content (AvgIpc) is 2.45. The van der Waals surface area contributed by atoms with Crippen LogP contribution in [0.2, 0.25) is 0 Å². The lowest BCUT2D eigenvalue weighted by molar-refractivity contribution is -0.136. The molecule has 0 saturated carbocycles. The maximum atomic E-state index is 10.5. The molecule has 0 bridgehead atoms. The largest absolute Gasteiger partial charge is 0.481 e. The van der Waals surface area contributed by atoms with E-state index in [0.29, 0.717) is 16.7 Å². The Labute approximate surface area is 79.2 Å². The summed E-state index contributed by atoms with van der Waals surface area (Å²) in [7, 11) is 0. The zero-order valence-corrected chi connectivity index (χ0v) is 7.23. The van der Waals surface area contributed by atoms with Crippen molar-refractivity contribution in [1.82, 2.24) is 4.98 Å². The molecule has 3 N–H and O–H groups in total. The van der Waals surface area contributed by atoms with Crippen LogP contribution in [0.1, 0.15) is 5.56 Å². The van der Waals surface area contributed by atoms with Crippen molar-refractivity contribution in [3.8, 4) is 0 Å². The first-order chi connectivity index (χ1) is 6.66. The molecule has 0 aliphatic heterocycles. The number of hydrogen-bond acceptors (Lipinski definition) is 4. The number of fused-ring (bicyclic) bond motifs is 1. The third-order valence-electron chi connectivity index (χ3n) is 1.85. The van der Waals surface area contributed by atoms with E-state index in [1.54, 1.807) is 18.2 Å². The quantitative estimate of drug-likeness (QED) is 0.741. The van der Waals surface area contributed by atoms with E-state index in [1.807, 2.05) is 0 Å². The predicted molar refractivity (Wildman–Crippen MR) is 49.8 cm³/mol. The molecule has 5 heteroatoms. The molecular weight excluding hydrogens is 184 g/mol. The standard InChI is InChI=1S/C9H8N2O3/c10-9-11-6-3-1-2-5(4-7(12)13)8(6)14-9/h1-3H,4H2,(H2,10,11)(H,12,13). The summed E-state index contributed by atoms with van der Waals surface area (Å²) in [6.45, 7) is 0. The van der Waals surface area contributed by atoms with Crippen LogP contribution < -0.4 is 5.73 Å². The minimum atomic E-state index is -0.910. The Morgan fingerprint density at radius 3 is 3.07 bits per heavy atom. The number of benzene rings is 1. The molecule has 2 aromatic rings. The summed E-state index contributed by atoms with van der Waals surface area (Å²) in [6, 6.07) is 5.18. The number of hydrogen-bond donors (Lipinski definition) is 2. The zero-order chi connectivity index (χ0) is 10.1. The molecule has 0 amide bonds. The van der Waals surface area contributed by atoms with E-state index in [9.17, 15) is 4.79 Å². The van der Waals surface area contributed by atoms with Crippen molar-refractivity contribution in [2.75, 3.05) is 5.73 Å². The number of aromatic nitrogens is 1. The van der Waals surface area contributed by atoms with Crippen LogP contribution in [-0.2, 0) is 11.2 Å².